The first-order chi connectivity index (χ1) is 13.0. The average molecular weight is 382 g/mol. The molecular weight excluding hydrogens is 360 g/mol. The summed E-state index contributed by atoms with van der Waals surface area (Å²) in [6, 6.07) is 13.4. The molecule has 3 aromatic rings. The van der Waals surface area contributed by atoms with Crippen molar-refractivity contribution in [3.63, 3.8) is 0 Å². The van der Waals surface area contributed by atoms with Crippen molar-refractivity contribution in [1.29, 1.82) is 0 Å². The monoisotopic (exact) mass is 382 g/mol. The Morgan fingerprint density at radius 2 is 1.93 bits per heavy atom. The molecule has 1 heterocycles. The van der Waals surface area contributed by atoms with Crippen molar-refractivity contribution >= 4 is 22.4 Å². The minimum absolute atomic E-state index is 0.250. The predicted octanol–water partition coefficient (Wildman–Crippen LogP) is 4.84. The number of amides is 1. The standard InChI is InChI=1S/C21H22N2O3S/c1-13-8-9-14(2)18(10-13)19-12-27-21(22-19)23-20(24)15(3)26-17-7-5-6-16(11-17)25-4/h5-12,15H,1-4H3,(H,22,23,24). The Kier molecular flexibility index (Phi) is 5.76. The molecule has 1 aromatic heterocycles. The van der Waals surface area contributed by atoms with E-state index in [-0.39, 0.29) is 5.91 Å². The van der Waals surface area contributed by atoms with Gasteiger partial charge in [-0.2, -0.15) is 0 Å². The molecule has 1 unspecified atom stereocenters. The van der Waals surface area contributed by atoms with Crippen LogP contribution < -0.4 is 14.8 Å². The maximum Gasteiger partial charge on any atom is 0.266 e. The van der Waals surface area contributed by atoms with Crippen molar-refractivity contribution in [3.05, 3.63) is 59.0 Å². The van der Waals surface area contributed by atoms with Gasteiger partial charge in [0.2, 0.25) is 0 Å². The van der Waals surface area contributed by atoms with Gasteiger partial charge < -0.3 is 9.47 Å². The molecule has 5 nitrogen and oxygen atoms in total. The minimum Gasteiger partial charge on any atom is -0.497 e. The van der Waals surface area contributed by atoms with E-state index in [2.05, 4.69) is 42.3 Å². The molecule has 0 spiro atoms. The minimum atomic E-state index is -0.662. The number of carbonyl (C=O) groups is 1. The van der Waals surface area contributed by atoms with Gasteiger partial charge in [-0.25, -0.2) is 4.98 Å². The number of aromatic nitrogens is 1. The first-order valence-electron chi connectivity index (χ1n) is 8.61. The van der Waals surface area contributed by atoms with E-state index in [0.29, 0.717) is 16.6 Å². The quantitative estimate of drug-likeness (QED) is 0.663. The summed E-state index contributed by atoms with van der Waals surface area (Å²) in [7, 11) is 1.59. The lowest BCUT2D eigenvalue weighted by atomic mass is 10.0. The summed E-state index contributed by atoms with van der Waals surface area (Å²) in [5.74, 6) is 1.00. The van der Waals surface area contributed by atoms with Crippen molar-refractivity contribution in [1.82, 2.24) is 4.98 Å². The second kappa shape index (κ2) is 8.22. The highest BCUT2D eigenvalue weighted by Gasteiger charge is 2.17. The van der Waals surface area contributed by atoms with Gasteiger partial charge in [0.15, 0.2) is 11.2 Å². The SMILES string of the molecule is COc1cccc(OC(C)C(=O)Nc2nc(-c3cc(C)ccc3C)cs2)c1. The van der Waals surface area contributed by atoms with Crippen LogP contribution in [-0.2, 0) is 4.79 Å². The van der Waals surface area contributed by atoms with E-state index >= 15 is 0 Å². The van der Waals surface area contributed by atoms with Gasteiger partial charge in [0.05, 0.1) is 12.8 Å². The molecule has 1 amide bonds. The average Bonchev–Trinajstić information content (AvgIpc) is 3.12. The Hall–Kier alpha value is -2.86. The molecule has 6 heteroatoms. The molecule has 0 saturated carbocycles. The largest absolute Gasteiger partial charge is 0.497 e. The summed E-state index contributed by atoms with van der Waals surface area (Å²) < 4.78 is 10.9. The summed E-state index contributed by atoms with van der Waals surface area (Å²) in [4.78, 5) is 17.0. The van der Waals surface area contributed by atoms with E-state index < -0.39 is 6.10 Å². The fourth-order valence-corrected chi connectivity index (χ4v) is 3.32. The first-order valence-corrected chi connectivity index (χ1v) is 9.49. The molecule has 0 aliphatic carbocycles. The summed E-state index contributed by atoms with van der Waals surface area (Å²) >= 11 is 1.40. The number of hydrogen-bond acceptors (Lipinski definition) is 5. The number of rotatable bonds is 6. The van der Waals surface area contributed by atoms with E-state index in [9.17, 15) is 4.79 Å². The van der Waals surface area contributed by atoms with Crippen molar-refractivity contribution < 1.29 is 14.3 Å². The molecule has 27 heavy (non-hydrogen) atoms. The van der Waals surface area contributed by atoms with Gasteiger partial charge in [-0.1, -0.05) is 23.8 Å². The lowest BCUT2D eigenvalue weighted by Crippen LogP contribution is -2.30. The Morgan fingerprint density at radius 1 is 1.15 bits per heavy atom. The molecule has 0 fully saturated rings. The Labute approximate surface area is 163 Å². The van der Waals surface area contributed by atoms with E-state index in [1.165, 1.54) is 16.9 Å². The molecular formula is C21H22N2O3S. The van der Waals surface area contributed by atoms with E-state index in [1.54, 1.807) is 26.2 Å². The molecule has 0 saturated heterocycles. The molecule has 3 rings (SSSR count). The van der Waals surface area contributed by atoms with Crippen LogP contribution in [0, 0.1) is 13.8 Å². The highest BCUT2D eigenvalue weighted by molar-refractivity contribution is 7.14. The number of nitrogens with zero attached hydrogens (tertiary/aromatic N) is 1. The van der Waals surface area contributed by atoms with Crippen LogP contribution in [0.15, 0.2) is 47.8 Å². The number of ether oxygens (including phenoxy) is 2. The van der Waals surface area contributed by atoms with Crippen molar-refractivity contribution in [3.8, 4) is 22.8 Å². The molecule has 1 atom stereocenters. The first kappa shape index (κ1) is 18.9. The highest BCUT2D eigenvalue weighted by atomic mass is 32.1. The van der Waals surface area contributed by atoms with Gasteiger partial charge in [0.25, 0.3) is 5.91 Å². The van der Waals surface area contributed by atoms with Crippen molar-refractivity contribution in [2.75, 3.05) is 12.4 Å². The van der Waals surface area contributed by atoms with Crippen LogP contribution in [-0.4, -0.2) is 24.1 Å². The molecule has 0 bridgehead atoms. The fraction of sp³-hybridized carbons (Fsp3) is 0.238. The maximum absolute atomic E-state index is 12.4. The van der Waals surface area contributed by atoms with Crippen LogP contribution in [0.3, 0.4) is 0 Å². The second-order valence-corrected chi connectivity index (χ2v) is 7.14. The number of carbonyl (C=O) groups excluding carboxylic acids is 1. The Bertz CT molecular complexity index is 952. The molecule has 1 N–H and O–H groups in total. The number of anilines is 1. The number of benzene rings is 2. The van der Waals surface area contributed by atoms with Crippen LogP contribution in [0.25, 0.3) is 11.3 Å². The van der Waals surface area contributed by atoms with Crippen LogP contribution in [0.2, 0.25) is 0 Å². The number of nitrogens with one attached hydrogen (secondary N) is 1. The van der Waals surface area contributed by atoms with Crippen LogP contribution in [0.1, 0.15) is 18.1 Å². The third-order valence-corrected chi connectivity index (χ3v) is 4.88. The highest BCUT2D eigenvalue weighted by Crippen LogP contribution is 2.28. The van der Waals surface area contributed by atoms with E-state index in [0.717, 1.165) is 16.8 Å². The lowest BCUT2D eigenvalue weighted by Gasteiger charge is -2.14. The van der Waals surface area contributed by atoms with Gasteiger partial charge in [-0.15, -0.1) is 11.3 Å². The van der Waals surface area contributed by atoms with Crippen LogP contribution >= 0.6 is 11.3 Å². The molecule has 2 aromatic carbocycles. The smallest absolute Gasteiger partial charge is 0.266 e. The number of methoxy groups -OCH3 is 1. The number of aryl methyl sites for hydroxylation is 2. The predicted molar refractivity (Wildman–Crippen MR) is 109 cm³/mol. The normalized spacial score (nSPS) is 11.7. The topological polar surface area (TPSA) is 60.5 Å². The van der Waals surface area contributed by atoms with Gasteiger partial charge in [0.1, 0.15) is 11.5 Å². The van der Waals surface area contributed by atoms with Crippen LogP contribution in [0.5, 0.6) is 11.5 Å². The van der Waals surface area contributed by atoms with Gasteiger partial charge in [0, 0.05) is 17.0 Å². The third-order valence-electron chi connectivity index (χ3n) is 4.13. The Morgan fingerprint density at radius 3 is 2.70 bits per heavy atom. The fourth-order valence-electron chi connectivity index (χ4n) is 2.61. The van der Waals surface area contributed by atoms with Gasteiger partial charge in [-0.3, -0.25) is 10.1 Å². The number of hydrogen-bond donors (Lipinski definition) is 1. The molecule has 140 valence electrons. The summed E-state index contributed by atoms with van der Waals surface area (Å²) in [6.45, 7) is 5.81. The maximum atomic E-state index is 12.4. The Balaban J connectivity index is 1.67. The van der Waals surface area contributed by atoms with Crippen LogP contribution in [0.4, 0.5) is 5.13 Å². The van der Waals surface area contributed by atoms with Crippen molar-refractivity contribution in [2.24, 2.45) is 0 Å². The summed E-state index contributed by atoms with van der Waals surface area (Å²) in [5, 5.41) is 5.33. The van der Waals surface area contributed by atoms with Crippen molar-refractivity contribution in [2.45, 2.75) is 26.9 Å². The zero-order valence-corrected chi connectivity index (χ0v) is 16.6. The van der Waals surface area contributed by atoms with E-state index in [4.69, 9.17) is 9.47 Å². The molecule has 0 radical (unpaired) electrons. The van der Waals surface area contributed by atoms with E-state index in [1.807, 2.05) is 17.5 Å². The third kappa shape index (κ3) is 4.65. The summed E-state index contributed by atoms with van der Waals surface area (Å²) in [5.41, 5.74) is 4.26. The second-order valence-electron chi connectivity index (χ2n) is 6.28. The van der Waals surface area contributed by atoms with Gasteiger partial charge in [-0.05, 0) is 44.5 Å². The number of thiazole rings is 1. The summed E-state index contributed by atoms with van der Waals surface area (Å²) in [6.07, 6.45) is -0.662. The lowest BCUT2D eigenvalue weighted by molar-refractivity contribution is -0.122. The molecule has 0 aliphatic rings. The molecule has 0 aliphatic heterocycles. The zero-order valence-electron chi connectivity index (χ0n) is 15.8. The zero-order chi connectivity index (χ0) is 19.4. The van der Waals surface area contributed by atoms with Gasteiger partial charge >= 0.3 is 0 Å².